The van der Waals surface area contributed by atoms with Gasteiger partial charge in [0.15, 0.2) is 0 Å². The number of para-hydroxylation sites is 1. The summed E-state index contributed by atoms with van der Waals surface area (Å²) in [6.45, 7) is 1.73. The molecule has 5 nitrogen and oxygen atoms in total. The van der Waals surface area contributed by atoms with Crippen LogP contribution in [0.25, 0.3) is 0 Å². The Morgan fingerprint density at radius 2 is 1.91 bits per heavy atom. The minimum atomic E-state index is -0.783. The number of methoxy groups -OCH3 is 1. The Hall–Kier alpha value is -1.30. The molecule has 2 fully saturated rings. The van der Waals surface area contributed by atoms with E-state index in [-0.39, 0.29) is 23.7 Å². The van der Waals surface area contributed by atoms with Gasteiger partial charge in [-0.1, -0.05) is 18.2 Å². The van der Waals surface area contributed by atoms with Crippen LogP contribution in [0.4, 0.5) is 0 Å². The highest BCUT2D eigenvalue weighted by Crippen LogP contribution is 2.50. The molecule has 128 valence electrons. The van der Waals surface area contributed by atoms with Gasteiger partial charge in [-0.25, -0.2) is 0 Å². The minimum absolute atomic E-state index is 0. The van der Waals surface area contributed by atoms with Crippen molar-refractivity contribution in [1.29, 1.82) is 0 Å². The molecule has 1 saturated heterocycles. The summed E-state index contributed by atoms with van der Waals surface area (Å²) in [5, 5.41) is 3.07. The summed E-state index contributed by atoms with van der Waals surface area (Å²) in [6.07, 6.45) is 3.30. The lowest BCUT2D eigenvalue weighted by molar-refractivity contribution is -0.129. The Labute approximate surface area is 143 Å². The fourth-order valence-electron chi connectivity index (χ4n) is 3.16. The van der Waals surface area contributed by atoms with Gasteiger partial charge in [0, 0.05) is 30.7 Å². The van der Waals surface area contributed by atoms with Crippen LogP contribution in [0.15, 0.2) is 24.3 Å². The van der Waals surface area contributed by atoms with Gasteiger partial charge >= 0.3 is 0 Å². The Morgan fingerprint density at radius 1 is 1.26 bits per heavy atom. The van der Waals surface area contributed by atoms with E-state index < -0.39 is 5.54 Å². The molecule has 0 bridgehead atoms. The van der Waals surface area contributed by atoms with Crippen molar-refractivity contribution in [2.24, 2.45) is 5.73 Å². The Kier molecular flexibility index (Phi) is 5.55. The molecule has 23 heavy (non-hydrogen) atoms. The zero-order chi connectivity index (χ0) is 15.6. The number of carbonyl (C=O) groups is 1. The van der Waals surface area contributed by atoms with E-state index in [2.05, 4.69) is 11.4 Å². The average Bonchev–Trinajstić information content (AvgIpc) is 3.34. The van der Waals surface area contributed by atoms with E-state index in [4.69, 9.17) is 15.2 Å². The first-order valence-corrected chi connectivity index (χ1v) is 7.88. The fourth-order valence-corrected chi connectivity index (χ4v) is 3.16. The second-order valence-electron chi connectivity index (χ2n) is 6.43. The van der Waals surface area contributed by atoms with Crippen LogP contribution in [0.3, 0.4) is 0 Å². The Balaban J connectivity index is 0.00000192. The SMILES string of the molecule is COc1ccccc1C1(CNC(=O)C2(N)CCOCC2)CC1.Cl. The Bertz CT molecular complexity index is 555. The van der Waals surface area contributed by atoms with E-state index in [1.54, 1.807) is 7.11 Å². The molecule has 1 amide bonds. The number of hydrogen-bond acceptors (Lipinski definition) is 4. The van der Waals surface area contributed by atoms with Gasteiger partial charge in [-0.2, -0.15) is 0 Å². The summed E-state index contributed by atoms with van der Waals surface area (Å²) in [7, 11) is 1.68. The van der Waals surface area contributed by atoms with Crippen LogP contribution in [0.5, 0.6) is 5.75 Å². The predicted octanol–water partition coefficient (Wildman–Crippen LogP) is 1.77. The van der Waals surface area contributed by atoms with Crippen LogP contribution >= 0.6 is 12.4 Å². The molecule has 0 unspecified atom stereocenters. The topological polar surface area (TPSA) is 73.6 Å². The molecule has 1 aliphatic heterocycles. The van der Waals surface area contributed by atoms with Gasteiger partial charge in [0.05, 0.1) is 12.6 Å². The van der Waals surface area contributed by atoms with Gasteiger partial charge in [-0.3, -0.25) is 4.79 Å². The molecule has 1 aromatic carbocycles. The van der Waals surface area contributed by atoms with Gasteiger partial charge in [0.2, 0.25) is 5.91 Å². The maximum Gasteiger partial charge on any atom is 0.240 e. The van der Waals surface area contributed by atoms with Crippen LogP contribution in [-0.4, -0.2) is 38.3 Å². The molecule has 0 spiro atoms. The van der Waals surface area contributed by atoms with Crippen molar-refractivity contribution in [2.45, 2.75) is 36.6 Å². The molecule has 0 atom stereocenters. The maximum atomic E-state index is 12.5. The third kappa shape index (κ3) is 3.62. The molecule has 3 N–H and O–H groups in total. The van der Waals surface area contributed by atoms with Gasteiger partial charge in [0.25, 0.3) is 0 Å². The zero-order valence-electron chi connectivity index (χ0n) is 13.5. The first-order chi connectivity index (χ1) is 10.6. The molecule has 2 aliphatic rings. The summed E-state index contributed by atoms with van der Waals surface area (Å²) >= 11 is 0. The molecule has 1 aliphatic carbocycles. The quantitative estimate of drug-likeness (QED) is 0.856. The molecule has 1 aromatic rings. The smallest absolute Gasteiger partial charge is 0.240 e. The first kappa shape index (κ1) is 18.0. The van der Waals surface area contributed by atoms with Crippen LogP contribution in [-0.2, 0) is 14.9 Å². The average molecular weight is 341 g/mol. The lowest BCUT2D eigenvalue weighted by Crippen LogP contribution is -2.57. The number of benzene rings is 1. The molecular formula is C17H25ClN2O3. The van der Waals surface area contributed by atoms with E-state index in [0.29, 0.717) is 32.6 Å². The number of halogens is 1. The lowest BCUT2D eigenvalue weighted by Gasteiger charge is -2.32. The maximum absolute atomic E-state index is 12.5. The number of ether oxygens (including phenoxy) is 2. The molecule has 1 saturated carbocycles. The van der Waals surface area contributed by atoms with Crippen molar-refractivity contribution in [3.63, 3.8) is 0 Å². The second kappa shape index (κ2) is 7.07. The minimum Gasteiger partial charge on any atom is -0.496 e. The van der Waals surface area contributed by atoms with Gasteiger partial charge in [-0.15, -0.1) is 12.4 Å². The first-order valence-electron chi connectivity index (χ1n) is 7.88. The van der Waals surface area contributed by atoms with Crippen molar-refractivity contribution in [2.75, 3.05) is 26.9 Å². The number of hydrogen-bond donors (Lipinski definition) is 2. The molecular weight excluding hydrogens is 316 g/mol. The van der Waals surface area contributed by atoms with E-state index in [1.165, 1.54) is 5.56 Å². The number of nitrogens with one attached hydrogen (secondary N) is 1. The summed E-state index contributed by atoms with van der Waals surface area (Å²) in [6, 6.07) is 8.04. The van der Waals surface area contributed by atoms with Crippen LogP contribution in [0.2, 0.25) is 0 Å². The Morgan fingerprint density at radius 3 is 2.52 bits per heavy atom. The molecule has 6 heteroatoms. The van der Waals surface area contributed by atoms with Gasteiger partial charge in [0.1, 0.15) is 5.75 Å². The highest BCUT2D eigenvalue weighted by molar-refractivity contribution is 5.86. The number of nitrogens with two attached hydrogens (primary N) is 1. The number of rotatable bonds is 5. The fraction of sp³-hybridized carbons (Fsp3) is 0.588. The van der Waals surface area contributed by atoms with Crippen LogP contribution in [0, 0.1) is 0 Å². The zero-order valence-corrected chi connectivity index (χ0v) is 14.3. The van der Waals surface area contributed by atoms with Crippen LogP contribution in [0.1, 0.15) is 31.2 Å². The van der Waals surface area contributed by atoms with E-state index in [0.717, 1.165) is 18.6 Å². The summed E-state index contributed by atoms with van der Waals surface area (Å²) in [4.78, 5) is 12.5. The van der Waals surface area contributed by atoms with Gasteiger partial charge < -0.3 is 20.5 Å². The third-order valence-electron chi connectivity index (χ3n) is 4.96. The van der Waals surface area contributed by atoms with Crippen molar-refractivity contribution in [3.8, 4) is 5.75 Å². The summed E-state index contributed by atoms with van der Waals surface area (Å²) < 4.78 is 10.8. The monoisotopic (exact) mass is 340 g/mol. The van der Waals surface area contributed by atoms with E-state index in [9.17, 15) is 4.79 Å². The van der Waals surface area contributed by atoms with Crippen LogP contribution < -0.4 is 15.8 Å². The second-order valence-corrected chi connectivity index (χ2v) is 6.43. The number of amides is 1. The molecule has 0 radical (unpaired) electrons. The highest BCUT2D eigenvalue weighted by atomic mass is 35.5. The van der Waals surface area contributed by atoms with Crippen molar-refractivity contribution in [3.05, 3.63) is 29.8 Å². The lowest BCUT2D eigenvalue weighted by atomic mass is 9.89. The number of carbonyl (C=O) groups excluding carboxylic acids is 1. The highest BCUT2D eigenvalue weighted by Gasteiger charge is 2.47. The van der Waals surface area contributed by atoms with Gasteiger partial charge in [-0.05, 0) is 31.7 Å². The van der Waals surface area contributed by atoms with Crippen molar-refractivity contribution >= 4 is 18.3 Å². The third-order valence-corrected chi connectivity index (χ3v) is 4.96. The van der Waals surface area contributed by atoms with E-state index >= 15 is 0 Å². The standard InChI is InChI=1S/C17H24N2O3.ClH/c1-21-14-5-3-2-4-13(14)16(6-7-16)12-19-15(20)17(18)8-10-22-11-9-17;/h2-5H,6-12,18H2,1H3,(H,19,20);1H. The van der Waals surface area contributed by atoms with Crippen molar-refractivity contribution in [1.82, 2.24) is 5.32 Å². The van der Waals surface area contributed by atoms with E-state index in [1.807, 2.05) is 18.2 Å². The van der Waals surface area contributed by atoms with Crippen molar-refractivity contribution < 1.29 is 14.3 Å². The largest absolute Gasteiger partial charge is 0.496 e. The molecule has 1 heterocycles. The molecule has 0 aromatic heterocycles. The summed E-state index contributed by atoms with van der Waals surface area (Å²) in [5.41, 5.74) is 6.63. The molecule has 3 rings (SSSR count). The normalized spacial score (nSPS) is 21.0. The summed E-state index contributed by atoms with van der Waals surface area (Å²) in [5.74, 6) is 0.833. The predicted molar refractivity (Wildman–Crippen MR) is 91.1 cm³/mol.